The Hall–Kier alpha value is -0.800. The maximum atomic E-state index is 10.8. The number of aliphatic hydroxyl groups excluding tert-OH is 1. The van der Waals surface area contributed by atoms with E-state index < -0.39 is 6.10 Å². The monoisotopic (exact) mass is 249 g/mol. The maximum absolute atomic E-state index is 10.8. The van der Waals surface area contributed by atoms with Gasteiger partial charge in [-0.15, -0.1) is 0 Å². The van der Waals surface area contributed by atoms with E-state index in [1.165, 1.54) is 32.1 Å². The van der Waals surface area contributed by atoms with Crippen molar-refractivity contribution in [2.45, 2.75) is 56.6 Å². The predicted molar refractivity (Wildman–Crippen MR) is 70.3 cm³/mol. The number of piperidine rings is 1. The first-order chi connectivity index (χ1) is 8.83. The molecule has 1 unspecified atom stereocenters. The predicted octanol–water partition coefficient (Wildman–Crippen LogP) is 3.11. The molecule has 1 saturated carbocycles. The van der Waals surface area contributed by atoms with E-state index in [0.29, 0.717) is 0 Å². The summed E-state index contributed by atoms with van der Waals surface area (Å²) in [5, 5.41) is 10.8. The summed E-state index contributed by atoms with van der Waals surface area (Å²) in [5.74, 6) is 0.738. The molecule has 3 nitrogen and oxygen atoms in total. The molecule has 3 heteroatoms. The van der Waals surface area contributed by atoms with Crippen LogP contribution >= 0.6 is 0 Å². The van der Waals surface area contributed by atoms with Crippen LogP contribution in [0, 0.1) is 0 Å². The zero-order valence-corrected chi connectivity index (χ0v) is 11.0. The van der Waals surface area contributed by atoms with Gasteiger partial charge in [0.2, 0.25) is 0 Å². The second kappa shape index (κ2) is 5.06. The van der Waals surface area contributed by atoms with E-state index >= 15 is 0 Å². The summed E-state index contributed by atoms with van der Waals surface area (Å²) in [6, 6.07) is 3.78. The Labute approximate surface area is 109 Å². The second-order valence-corrected chi connectivity index (χ2v) is 5.78. The zero-order chi connectivity index (χ0) is 12.4. The number of hydrogen-bond donors (Lipinski definition) is 1. The van der Waals surface area contributed by atoms with Gasteiger partial charge in [0, 0.05) is 0 Å². The van der Waals surface area contributed by atoms with Crippen LogP contribution in [0.1, 0.15) is 56.8 Å². The van der Waals surface area contributed by atoms with Crippen LogP contribution in [-0.2, 0) is 0 Å². The molecular weight excluding hydrogens is 226 g/mol. The second-order valence-electron chi connectivity index (χ2n) is 5.78. The van der Waals surface area contributed by atoms with Gasteiger partial charge in [0.15, 0.2) is 0 Å². The van der Waals surface area contributed by atoms with Gasteiger partial charge in [-0.1, -0.05) is 19.3 Å². The van der Waals surface area contributed by atoms with Crippen molar-refractivity contribution in [2.75, 3.05) is 13.1 Å². The fourth-order valence-corrected chi connectivity index (χ4v) is 3.80. The van der Waals surface area contributed by atoms with Crippen LogP contribution in [0.3, 0.4) is 0 Å². The summed E-state index contributed by atoms with van der Waals surface area (Å²) in [5.41, 5.74) is -0.0573. The molecule has 2 fully saturated rings. The fourth-order valence-electron chi connectivity index (χ4n) is 3.80. The third-order valence-electron chi connectivity index (χ3n) is 4.78. The van der Waals surface area contributed by atoms with Gasteiger partial charge in [-0.3, -0.25) is 4.90 Å². The minimum absolute atomic E-state index is 0.0573. The molecule has 3 rings (SSSR count). The van der Waals surface area contributed by atoms with Gasteiger partial charge in [0.25, 0.3) is 0 Å². The first kappa shape index (κ1) is 12.2. The molecule has 0 aromatic carbocycles. The minimum atomic E-state index is -0.465. The van der Waals surface area contributed by atoms with E-state index in [1.807, 2.05) is 12.1 Å². The van der Waals surface area contributed by atoms with Gasteiger partial charge < -0.3 is 9.52 Å². The molecule has 0 radical (unpaired) electrons. The van der Waals surface area contributed by atoms with Crippen molar-refractivity contribution in [1.82, 2.24) is 4.90 Å². The van der Waals surface area contributed by atoms with Crippen molar-refractivity contribution in [3.8, 4) is 0 Å². The maximum Gasteiger partial charge on any atom is 0.134 e. The quantitative estimate of drug-likeness (QED) is 0.894. The SMILES string of the molecule is OC(c1ccco1)C1(N2CCCCC2)CCCC1. The summed E-state index contributed by atoms with van der Waals surface area (Å²) >= 11 is 0. The van der Waals surface area contributed by atoms with E-state index in [9.17, 15) is 5.11 Å². The van der Waals surface area contributed by atoms with Crippen LogP contribution in [0.5, 0.6) is 0 Å². The summed E-state index contributed by atoms with van der Waals surface area (Å²) in [4.78, 5) is 2.54. The van der Waals surface area contributed by atoms with Crippen molar-refractivity contribution in [1.29, 1.82) is 0 Å². The van der Waals surface area contributed by atoms with Crippen LogP contribution in [-0.4, -0.2) is 28.6 Å². The van der Waals surface area contributed by atoms with Crippen molar-refractivity contribution in [2.24, 2.45) is 0 Å². The molecule has 1 aliphatic heterocycles. The van der Waals surface area contributed by atoms with Gasteiger partial charge in [-0.2, -0.15) is 0 Å². The highest BCUT2D eigenvalue weighted by atomic mass is 16.4. The largest absolute Gasteiger partial charge is 0.467 e. The molecular formula is C15H23NO2. The number of rotatable bonds is 3. The Bertz CT molecular complexity index is 362. The zero-order valence-electron chi connectivity index (χ0n) is 11.0. The van der Waals surface area contributed by atoms with E-state index in [1.54, 1.807) is 6.26 Å². The highest BCUT2D eigenvalue weighted by Gasteiger charge is 2.47. The van der Waals surface area contributed by atoms with Gasteiger partial charge in [0.1, 0.15) is 11.9 Å². The fraction of sp³-hybridized carbons (Fsp3) is 0.733. The highest BCUT2D eigenvalue weighted by molar-refractivity contribution is 5.12. The van der Waals surface area contributed by atoms with E-state index in [-0.39, 0.29) is 5.54 Å². The van der Waals surface area contributed by atoms with Crippen molar-refractivity contribution < 1.29 is 9.52 Å². The number of aliphatic hydroxyl groups is 1. The van der Waals surface area contributed by atoms with Crippen molar-refractivity contribution >= 4 is 0 Å². The molecule has 0 spiro atoms. The Balaban J connectivity index is 1.86. The first-order valence-electron chi connectivity index (χ1n) is 7.29. The normalized spacial score (nSPS) is 26.3. The Morgan fingerprint density at radius 1 is 1.11 bits per heavy atom. The summed E-state index contributed by atoms with van der Waals surface area (Å²) < 4.78 is 5.45. The molecule has 1 aromatic rings. The Kier molecular flexibility index (Phi) is 3.44. The van der Waals surface area contributed by atoms with Gasteiger partial charge in [-0.05, 0) is 50.9 Å². The van der Waals surface area contributed by atoms with Crippen LogP contribution < -0.4 is 0 Å². The molecule has 0 amide bonds. The van der Waals surface area contributed by atoms with Gasteiger partial charge >= 0.3 is 0 Å². The van der Waals surface area contributed by atoms with E-state index in [4.69, 9.17) is 4.42 Å². The Morgan fingerprint density at radius 2 is 1.83 bits per heavy atom. The third-order valence-corrected chi connectivity index (χ3v) is 4.78. The average molecular weight is 249 g/mol. The lowest BCUT2D eigenvalue weighted by Gasteiger charge is -2.45. The Morgan fingerprint density at radius 3 is 2.44 bits per heavy atom. The molecule has 100 valence electrons. The summed E-state index contributed by atoms with van der Waals surface area (Å²) in [6.07, 6.45) is 9.75. The van der Waals surface area contributed by atoms with Crippen LogP contribution in [0.25, 0.3) is 0 Å². The average Bonchev–Trinajstić information content (AvgIpc) is 3.11. The molecule has 18 heavy (non-hydrogen) atoms. The first-order valence-corrected chi connectivity index (χ1v) is 7.29. The lowest BCUT2D eigenvalue weighted by atomic mass is 9.85. The van der Waals surface area contributed by atoms with E-state index in [2.05, 4.69) is 4.90 Å². The lowest BCUT2D eigenvalue weighted by Crippen LogP contribution is -2.53. The molecule has 0 bridgehead atoms. The minimum Gasteiger partial charge on any atom is -0.467 e. The lowest BCUT2D eigenvalue weighted by molar-refractivity contribution is -0.0498. The van der Waals surface area contributed by atoms with Crippen molar-refractivity contribution in [3.63, 3.8) is 0 Å². The molecule has 2 heterocycles. The molecule has 1 N–H and O–H groups in total. The number of hydrogen-bond acceptors (Lipinski definition) is 3. The molecule has 1 atom stereocenters. The van der Waals surface area contributed by atoms with Crippen LogP contribution in [0.15, 0.2) is 22.8 Å². The molecule has 1 aromatic heterocycles. The van der Waals surface area contributed by atoms with Gasteiger partial charge in [-0.25, -0.2) is 0 Å². The summed E-state index contributed by atoms with van der Waals surface area (Å²) in [7, 11) is 0. The molecule has 2 aliphatic rings. The number of nitrogens with zero attached hydrogens (tertiary/aromatic N) is 1. The third kappa shape index (κ3) is 1.99. The topological polar surface area (TPSA) is 36.6 Å². The van der Waals surface area contributed by atoms with Crippen molar-refractivity contribution in [3.05, 3.63) is 24.2 Å². The van der Waals surface area contributed by atoms with Crippen LogP contribution in [0.4, 0.5) is 0 Å². The molecule has 1 saturated heterocycles. The van der Waals surface area contributed by atoms with Gasteiger partial charge in [0.05, 0.1) is 11.8 Å². The standard InChI is InChI=1S/C15H23NO2/c17-14(13-7-6-12-18-13)15(8-2-3-9-15)16-10-4-1-5-11-16/h6-7,12,14,17H,1-5,8-11H2. The number of likely N-dealkylation sites (tertiary alicyclic amines) is 1. The van der Waals surface area contributed by atoms with Crippen LogP contribution in [0.2, 0.25) is 0 Å². The highest BCUT2D eigenvalue weighted by Crippen LogP contribution is 2.45. The summed E-state index contributed by atoms with van der Waals surface area (Å²) in [6.45, 7) is 2.27. The smallest absolute Gasteiger partial charge is 0.134 e. The van der Waals surface area contributed by atoms with E-state index in [0.717, 1.165) is 31.7 Å². The molecule has 1 aliphatic carbocycles. The number of furan rings is 1.